The van der Waals surface area contributed by atoms with Gasteiger partial charge in [-0.2, -0.15) is 4.60 Å². The van der Waals surface area contributed by atoms with E-state index in [1.807, 2.05) is 0 Å². The van der Waals surface area contributed by atoms with Crippen molar-refractivity contribution < 1.29 is 23.0 Å². The number of fused-ring (bicyclic) bond motifs is 1. The Morgan fingerprint density at radius 1 is 1.10 bits per heavy atom. The van der Waals surface area contributed by atoms with Crippen LogP contribution in [0.5, 0.6) is 11.5 Å². The molecule has 106 valence electrons. The van der Waals surface area contributed by atoms with E-state index in [2.05, 4.69) is 5.10 Å². The molecule has 0 unspecified atom stereocenters. The summed E-state index contributed by atoms with van der Waals surface area (Å²) in [5.74, 6) is 0.0897. The van der Waals surface area contributed by atoms with Crippen LogP contribution in [0.2, 0.25) is 0 Å². The number of aromatic hydroxyl groups is 1. The maximum absolute atomic E-state index is 13.9. The third kappa shape index (κ3) is 2.62. The Labute approximate surface area is 119 Å². The first kappa shape index (κ1) is 13.3. The Balaban J connectivity index is 1.98. The van der Waals surface area contributed by atoms with Gasteiger partial charge in [-0.15, -0.1) is 0 Å². The summed E-state index contributed by atoms with van der Waals surface area (Å²) in [5.41, 5.74) is 0.857. The van der Waals surface area contributed by atoms with E-state index in [0.29, 0.717) is 15.7 Å². The molecule has 1 aliphatic rings. The molecular formula is C14H11BF2N2O2. The quantitative estimate of drug-likeness (QED) is 0.682. The van der Waals surface area contributed by atoms with Crippen molar-refractivity contribution in [1.29, 1.82) is 0 Å². The smallest absolute Gasteiger partial charge is 0.597 e. The summed E-state index contributed by atoms with van der Waals surface area (Å²) >= 11 is 0. The molecule has 0 spiro atoms. The van der Waals surface area contributed by atoms with Crippen molar-refractivity contribution in [1.82, 2.24) is 0 Å². The molecule has 0 aromatic heterocycles. The monoisotopic (exact) mass is 288 g/mol. The van der Waals surface area contributed by atoms with E-state index in [1.54, 1.807) is 36.4 Å². The van der Waals surface area contributed by atoms with Crippen LogP contribution in [-0.4, -0.2) is 29.2 Å². The Hall–Kier alpha value is -2.70. The second-order valence-electron chi connectivity index (χ2n) is 4.53. The van der Waals surface area contributed by atoms with Crippen molar-refractivity contribution in [2.24, 2.45) is 5.10 Å². The van der Waals surface area contributed by atoms with Gasteiger partial charge in [0.1, 0.15) is 5.75 Å². The first-order chi connectivity index (χ1) is 10.1. The predicted molar refractivity (Wildman–Crippen MR) is 76.2 cm³/mol. The van der Waals surface area contributed by atoms with E-state index in [9.17, 15) is 13.7 Å². The average molecular weight is 288 g/mol. The van der Waals surface area contributed by atoms with E-state index in [1.165, 1.54) is 24.6 Å². The molecule has 0 fully saturated rings. The van der Waals surface area contributed by atoms with E-state index >= 15 is 0 Å². The first-order valence-electron chi connectivity index (χ1n) is 6.31. The van der Waals surface area contributed by atoms with Gasteiger partial charge in [0.05, 0.1) is 17.5 Å². The third-order valence-electron chi connectivity index (χ3n) is 3.03. The van der Waals surface area contributed by atoms with Gasteiger partial charge in [-0.1, -0.05) is 29.4 Å². The molecule has 0 saturated heterocycles. The summed E-state index contributed by atoms with van der Waals surface area (Å²) in [6, 6.07) is 12.8. The SMILES string of the molecule is Oc1ccccc1/C=N/[N+]1=Cc2ccccc2O[B-]1(F)F. The highest BCUT2D eigenvalue weighted by atomic mass is 19.3. The number of phenols is 1. The molecule has 2 aromatic carbocycles. The number of phenolic OH excluding ortho intramolecular Hbond substituents is 1. The fraction of sp³-hybridized carbons (Fsp3) is 0. The fourth-order valence-electron chi connectivity index (χ4n) is 1.97. The molecular weight excluding hydrogens is 277 g/mol. The molecule has 0 saturated carbocycles. The molecule has 0 amide bonds. The minimum absolute atomic E-state index is 0.0320. The topological polar surface area (TPSA) is 44.8 Å². The zero-order valence-corrected chi connectivity index (χ0v) is 10.9. The number of nitrogens with zero attached hydrogens (tertiary/aromatic N) is 2. The number of rotatable bonds is 2. The van der Waals surface area contributed by atoms with Crippen LogP contribution in [-0.2, 0) is 0 Å². The average Bonchev–Trinajstić information content (AvgIpc) is 2.46. The van der Waals surface area contributed by atoms with Crippen LogP contribution in [0.25, 0.3) is 0 Å². The molecule has 3 rings (SSSR count). The Morgan fingerprint density at radius 3 is 2.62 bits per heavy atom. The normalized spacial score (nSPS) is 16.2. The second kappa shape index (κ2) is 5.01. The van der Waals surface area contributed by atoms with Gasteiger partial charge < -0.3 is 18.4 Å². The molecule has 21 heavy (non-hydrogen) atoms. The molecule has 7 heteroatoms. The predicted octanol–water partition coefficient (Wildman–Crippen LogP) is 2.62. The first-order valence-corrected chi connectivity index (χ1v) is 6.31. The van der Waals surface area contributed by atoms with Crippen molar-refractivity contribution in [3.63, 3.8) is 0 Å². The number of hydrazone groups is 1. The van der Waals surface area contributed by atoms with E-state index in [-0.39, 0.29) is 11.5 Å². The third-order valence-corrected chi connectivity index (χ3v) is 3.03. The molecule has 0 atom stereocenters. The van der Waals surface area contributed by atoms with E-state index < -0.39 is 7.04 Å². The van der Waals surface area contributed by atoms with Crippen LogP contribution < -0.4 is 4.65 Å². The maximum atomic E-state index is 13.9. The summed E-state index contributed by atoms with van der Waals surface area (Å²) in [4.78, 5) is 0. The highest BCUT2D eigenvalue weighted by Crippen LogP contribution is 2.26. The van der Waals surface area contributed by atoms with Gasteiger partial charge >= 0.3 is 7.04 Å². The molecule has 4 nitrogen and oxygen atoms in total. The zero-order chi connectivity index (χ0) is 14.9. The van der Waals surface area contributed by atoms with Gasteiger partial charge in [0.25, 0.3) is 0 Å². The van der Waals surface area contributed by atoms with Crippen molar-refractivity contribution >= 4 is 19.5 Å². The minimum atomic E-state index is -4.29. The van der Waals surface area contributed by atoms with Crippen LogP contribution in [0.15, 0.2) is 53.6 Å². The standard InChI is InChI=1S/C14H11BF2N2O2/c16-15(17)19(10-12-6-2-4-8-14(12)21-15)18-9-11-5-1-3-7-13(11)20/h1-10,20H/b18-9+. The van der Waals surface area contributed by atoms with Gasteiger partial charge in [0, 0.05) is 5.56 Å². The summed E-state index contributed by atoms with van der Waals surface area (Å²) in [6.07, 6.45) is 2.38. The summed E-state index contributed by atoms with van der Waals surface area (Å²) in [6.45, 7) is 0. The minimum Gasteiger partial charge on any atom is -0.597 e. The highest BCUT2D eigenvalue weighted by Gasteiger charge is 2.50. The van der Waals surface area contributed by atoms with Crippen LogP contribution in [0.3, 0.4) is 0 Å². The lowest BCUT2D eigenvalue weighted by molar-refractivity contribution is -0.439. The van der Waals surface area contributed by atoms with E-state index in [0.717, 1.165) is 0 Å². The maximum Gasteiger partial charge on any atom is 0.858 e. The van der Waals surface area contributed by atoms with Gasteiger partial charge in [-0.05, 0) is 24.3 Å². The number of halogens is 2. The Kier molecular flexibility index (Phi) is 3.17. The van der Waals surface area contributed by atoms with Crippen LogP contribution in [0.4, 0.5) is 8.63 Å². The van der Waals surface area contributed by atoms with E-state index in [4.69, 9.17) is 4.65 Å². The van der Waals surface area contributed by atoms with Gasteiger partial charge in [0.2, 0.25) is 0 Å². The molecule has 1 heterocycles. The lowest BCUT2D eigenvalue weighted by Crippen LogP contribution is -2.46. The molecule has 0 bridgehead atoms. The van der Waals surface area contributed by atoms with Crippen molar-refractivity contribution in [2.45, 2.75) is 0 Å². The number of para-hydroxylation sites is 2. The fourth-order valence-corrected chi connectivity index (χ4v) is 1.97. The van der Waals surface area contributed by atoms with Crippen molar-refractivity contribution in [3.05, 3.63) is 59.7 Å². The summed E-state index contributed by atoms with van der Waals surface area (Å²) in [7, 11) is -4.29. The molecule has 1 aliphatic heterocycles. The summed E-state index contributed by atoms with van der Waals surface area (Å²) < 4.78 is 33.0. The van der Waals surface area contributed by atoms with Crippen LogP contribution in [0, 0.1) is 0 Å². The molecule has 2 aromatic rings. The second-order valence-corrected chi connectivity index (χ2v) is 4.53. The summed E-state index contributed by atoms with van der Waals surface area (Å²) in [5, 5.41) is 13.3. The van der Waals surface area contributed by atoms with Crippen LogP contribution in [0.1, 0.15) is 11.1 Å². The lowest BCUT2D eigenvalue weighted by atomic mass is 10.0. The molecule has 0 radical (unpaired) electrons. The van der Waals surface area contributed by atoms with Gasteiger partial charge in [-0.3, -0.25) is 0 Å². The Morgan fingerprint density at radius 2 is 1.81 bits per heavy atom. The Bertz CT molecular complexity index is 747. The highest BCUT2D eigenvalue weighted by molar-refractivity contribution is 6.52. The lowest BCUT2D eigenvalue weighted by Gasteiger charge is -2.24. The number of benzene rings is 2. The van der Waals surface area contributed by atoms with Gasteiger partial charge in [0.15, 0.2) is 6.21 Å². The number of hydrogen-bond donors (Lipinski definition) is 1. The molecule has 1 N–H and O–H groups in total. The largest absolute Gasteiger partial charge is 0.858 e. The molecule has 0 aliphatic carbocycles. The van der Waals surface area contributed by atoms with Crippen molar-refractivity contribution in [2.75, 3.05) is 0 Å². The zero-order valence-electron chi connectivity index (χ0n) is 10.9. The van der Waals surface area contributed by atoms with Crippen LogP contribution >= 0.6 is 0 Å². The van der Waals surface area contributed by atoms with Gasteiger partial charge in [-0.25, -0.2) is 0 Å². The number of hydrogen-bond acceptors (Lipinski definition) is 3. The van der Waals surface area contributed by atoms with Crippen molar-refractivity contribution in [3.8, 4) is 11.5 Å².